The molecular weight excluding hydrogens is 283 g/mol. The van der Waals surface area contributed by atoms with Crippen LogP contribution in [0.3, 0.4) is 0 Å². The van der Waals surface area contributed by atoms with Crippen LogP contribution in [-0.4, -0.2) is 30.6 Å². The van der Waals surface area contributed by atoms with Crippen molar-refractivity contribution in [3.63, 3.8) is 0 Å². The normalized spacial score (nSPS) is 22.9. The maximum atomic E-state index is 13.2. The number of carbonyl (C=O) groups is 1. The van der Waals surface area contributed by atoms with Crippen LogP contribution in [0.25, 0.3) is 0 Å². The zero-order chi connectivity index (χ0) is 15.6. The van der Waals surface area contributed by atoms with Gasteiger partial charge in [-0.25, -0.2) is 0 Å². The molecule has 0 spiro atoms. The molecule has 1 fully saturated rings. The number of halogens is 3. The molecule has 1 aliphatic carbocycles. The van der Waals surface area contributed by atoms with E-state index in [2.05, 4.69) is 0 Å². The van der Waals surface area contributed by atoms with Crippen LogP contribution < -0.4 is 4.90 Å². The second-order valence-corrected chi connectivity index (χ2v) is 5.42. The molecule has 1 aliphatic rings. The van der Waals surface area contributed by atoms with E-state index >= 15 is 0 Å². The molecular formula is C15H18F3NO2. The monoisotopic (exact) mass is 301 g/mol. The van der Waals surface area contributed by atoms with Gasteiger partial charge in [-0.1, -0.05) is 12.8 Å². The zero-order valence-electron chi connectivity index (χ0n) is 11.7. The van der Waals surface area contributed by atoms with Crippen molar-refractivity contribution in [2.24, 2.45) is 0 Å². The summed E-state index contributed by atoms with van der Waals surface area (Å²) in [6.07, 6.45) is -1.73. The lowest BCUT2D eigenvalue weighted by Crippen LogP contribution is -2.44. The van der Waals surface area contributed by atoms with Crippen molar-refractivity contribution in [2.45, 2.75) is 44.0 Å². The molecule has 2 atom stereocenters. The fourth-order valence-electron chi connectivity index (χ4n) is 2.88. The lowest BCUT2D eigenvalue weighted by atomic mass is 9.91. The van der Waals surface area contributed by atoms with Gasteiger partial charge in [-0.3, -0.25) is 4.79 Å². The molecule has 3 nitrogen and oxygen atoms in total. The quantitative estimate of drug-likeness (QED) is 0.871. The van der Waals surface area contributed by atoms with Crippen molar-refractivity contribution in [3.05, 3.63) is 29.3 Å². The predicted octanol–water partition coefficient (Wildman–Crippen LogP) is 3.26. The second-order valence-electron chi connectivity index (χ2n) is 5.42. The fraction of sp³-hybridized carbons (Fsp3) is 0.533. The number of rotatable bonds is 3. The first-order chi connectivity index (χ1) is 9.84. The summed E-state index contributed by atoms with van der Waals surface area (Å²) in [6.45, 7) is 0. The van der Waals surface area contributed by atoms with Crippen LogP contribution in [0.2, 0.25) is 0 Å². The summed E-state index contributed by atoms with van der Waals surface area (Å²) in [5.74, 6) is 0. The average Bonchev–Trinajstić information content (AvgIpc) is 2.45. The van der Waals surface area contributed by atoms with E-state index in [-0.39, 0.29) is 17.3 Å². The SMILES string of the molecule is CN(c1ccc(C=O)cc1C(F)(F)F)C1CCCCC1O. The standard InChI is InChI=1S/C15H18F3NO2/c1-19(13-4-2-3-5-14(13)21)12-7-6-10(9-20)8-11(12)15(16,17)18/h6-9,13-14,21H,2-5H2,1H3. The number of benzene rings is 1. The van der Waals surface area contributed by atoms with Gasteiger partial charge in [-0.05, 0) is 31.0 Å². The van der Waals surface area contributed by atoms with Gasteiger partial charge in [0.1, 0.15) is 6.29 Å². The fourth-order valence-corrected chi connectivity index (χ4v) is 2.88. The topological polar surface area (TPSA) is 40.5 Å². The van der Waals surface area contributed by atoms with Crippen LogP contribution >= 0.6 is 0 Å². The molecule has 2 rings (SSSR count). The molecule has 1 saturated carbocycles. The first-order valence-corrected chi connectivity index (χ1v) is 6.92. The molecule has 116 valence electrons. The number of aliphatic hydroxyl groups is 1. The Bertz CT molecular complexity index is 516. The van der Waals surface area contributed by atoms with Crippen molar-refractivity contribution < 1.29 is 23.1 Å². The molecule has 0 aliphatic heterocycles. The summed E-state index contributed by atoms with van der Waals surface area (Å²) in [6, 6.07) is 3.19. The predicted molar refractivity (Wildman–Crippen MR) is 73.5 cm³/mol. The molecule has 1 N–H and O–H groups in total. The number of nitrogens with zero attached hydrogens (tertiary/aromatic N) is 1. The van der Waals surface area contributed by atoms with Crippen LogP contribution in [-0.2, 0) is 6.18 Å². The van der Waals surface area contributed by atoms with Gasteiger partial charge in [0.05, 0.1) is 17.7 Å². The maximum absolute atomic E-state index is 13.2. The number of aliphatic hydroxyl groups excluding tert-OH is 1. The van der Waals surface area contributed by atoms with Gasteiger partial charge in [0, 0.05) is 18.3 Å². The Morgan fingerprint density at radius 1 is 1.29 bits per heavy atom. The first kappa shape index (κ1) is 15.8. The van der Waals surface area contributed by atoms with E-state index in [0.29, 0.717) is 19.1 Å². The third kappa shape index (κ3) is 3.37. The molecule has 21 heavy (non-hydrogen) atoms. The summed E-state index contributed by atoms with van der Waals surface area (Å²) < 4.78 is 39.6. The molecule has 0 saturated heterocycles. The van der Waals surface area contributed by atoms with Gasteiger partial charge >= 0.3 is 6.18 Å². The minimum Gasteiger partial charge on any atom is -0.391 e. The summed E-state index contributed by atoms with van der Waals surface area (Å²) in [4.78, 5) is 12.2. The molecule has 1 aromatic rings. The van der Waals surface area contributed by atoms with E-state index in [1.165, 1.54) is 17.0 Å². The van der Waals surface area contributed by atoms with Crippen LogP contribution in [0.4, 0.5) is 18.9 Å². The van der Waals surface area contributed by atoms with Gasteiger partial charge in [0.2, 0.25) is 0 Å². The highest BCUT2D eigenvalue weighted by Crippen LogP contribution is 2.38. The Morgan fingerprint density at radius 2 is 1.95 bits per heavy atom. The summed E-state index contributed by atoms with van der Waals surface area (Å²) >= 11 is 0. The van der Waals surface area contributed by atoms with Crippen LogP contribution in [0.5, 0.6) is 0 Å². The molecule has 0 amide bonds. The minimum absolute atomic E-state index is 0.000880. The second kappa shape index (κ2) is 6.05. The average molecular weight is 301 g/mol. The number of anilines is 1. The summed E-state index contributed by atoms with van der Waals surface area (Å²) in [5, 5.41) is 10.0. The minimum atomic E-state index is -4.54. The summed E-state index contributed by atoms with van der Waals surface area (Å²) in [5.41, 5.74) is -0.852. The van der Waals surface area contributed by atoms with Gasteiger partial charge in [0.25, 0.3) is 0 Å². The third-order valence-electron chi connectivity index (χ3n) is 4.03. The Kier molecular flexibility index (Phi) is 4.56. The number of aldehydes is 1. The van der Waals surface area contributed by atoms with E-state index in [1.807, 2.05) is 0 Å². The maximum Gasteiger partial charge on any atom is 0.418 e. The number of alkyl halides is 3. The van der Waals surface area contributed by atoms with Gasteiger partial charge in [-0.15, -0.1) is 0 Å². The van der Waals surface area contributed by atoms with Crippen molar-refractivity contribution in [1.82, 2.24) is 0 Å². The first-order valence-electron chi connectivity index (χ1n) is 6.92. The van der Waals surface area contributed by atoms with Gasteiger partial charge in [0.15, 0.2) is 0 Å². The largest absolute Gasteiger partial charge is 0.418 e. The Hall–Kier alpha value is -1.56. The van der Waals surface area contributed by atoms with E-state index in [9.17, 15) is 23.1 Å². The van der Waals surface area contributed by atoms with Crippen LogP contribution in [0.15, 0.2) is 18.2 Å². The number of hydrogen-bond donors (Lipinski definition) is 1. The molecule has 0 bridgehead atoms. The molecule has 2 unspecified atom stereocenters. The van der Waals surface area contributed by atoms with Crippen LogP contribution in [0.1, 0.15) is 41.6 Å². The zero-order valence-corrected chi connectivity index (χ0v) is 11.7. The lowest BCUT2D eigenvalue weighted by molar-refractivity contribution is -0.137. The smallest absolute Gasteiger partial charge is 0.391 e. The van der Waals surface area contributed by atoms with E-state index in [1.54, 1.807) is 7.05 Å². The van der Waals surface area contributed by atoms with E-state index in [4.69, 9.17) is 0 Å². The third-order valence-corrected chi connectivity index (χ3v) is 4.03. The summed E-state index contributed by atoms with van der Waals surface area (Å²) in [7, 11) is 1.56. The van der Waals surface area contributed by atoms with E-state index < -0.39 is 17.8 Å². The van der Waals surface area contributed by atoms with Crippen molar-refractivity contribution in [1.29, 1.82) is 0 Å². The number of likely N-dealkylation sites (N-methyl/N-ethyl adjacent to an activating group) is 1. The highest BCUT2D eigenvalue weighted by atomic mass is 19.4. The number of carbonyl (C=O) groups excluding carboxylic acids is 1. The highest BCUT2D eigenvalue weighted by molar-refractivity contribution is 5.77. The van der Waals surface area contributed by atoms with E-state index in [0.717, 1.165) is 18.9 Å². The highest BCUT2D eigenvalue weighted by Gasteiger charge is 2.37. The Morgan fingerprint density at radius 3 is 2.52 bits per heavy atom. The van der Waals surface area contributed by atoms with Crippen molar-refractivity contribution in [3.8, 4) is 0 Å². The van der Waals surface area contributed by atoms with Crippen molar-refractivity contribution in [2.75, 3.05) is 11.9 Å². The van der Waals surface area contributed by atoms with Gasteiger partial charge < -0.3 is 10.0 Å². The van der Waals surface area contributed by atoms with Crippen LogP contribution in [0, 0.1) is 0 Å². The Labute approximate surface area is 121 Å². The number of hydrogen-bond acceptors (Lipinski definition) is 3. The Balaban J connectivity index is 2.40. The molecule has 1 aromatic carbocycles. The molecule has 6 heteroatoms. The lowest BCUT2D eigenvalue weighted by Gasteiger charge is -2.37. The molecule has 0 heterocycles. The van der Waals surface area contributed by atoms with Crippen molar-refractivity contribution >= 4 is 12.0 Å². The molecule has 0 radical (unpaired) electrons. The molecule has 0 aromatic heterocycles. The van der Waals surface area contributed by atoms with Gasteiger partial charge in [-0.2, -0.15) is 13.2 Å².